The second-order valence-electron chi connectivity index (χ2n) is 9.95. The van der Waals surface area contributed by atoms with Crippen molar-refractivity contribution in [2.45, 2.75) is 13.8 Å². The summed E-state index contributed by atoms with van der Waals surface area (Å²) in [6.07, 6.45) is 7.50. The van der Waals surface area contributed by atoms with E-state index in [-0.39, 0.29) is 5.91 Å². The van der Waals surface area contributed by atoms with E-state index < -0.39 is 0 Å². The zero-order valence-electron chi connectivity index (χ0n) is 22.8. The molecule has 0 saturated heterocycles. The highest BCUT2D eigenvalue weighted by molar-refractivity contribution is 6.00. The van der Waals surface area contributed by atoms with E-state index in [0.717, 1.165) is 61.3 Å². The van der Waals surface area contributed by atoms with Crippen LogP contribution in [-0.2, 0) is 0 Å². The van der Waals surface area contributed by atoms with Gasteiger partial charge in [0, 0.05) is 45.7 Å². The van der Waals surface area contributed by atoms with E-state index in [2.05, 4.69) is 56.3 Å². The number of H-pyrrole nitrogens is 2. The molecular formula is C34H28N6O. The summed E-state index contributed by atoms with van der Waals surface area (Å²) in [6, 6.07) is 25.3. The number of nitrogens with one attached hydrogen (secondary N) is 3. The molecule has 2 aromatic carbocycles. The van der Waals surface area contributed by atoms with Crippen molar-refractivity contribution in [3.8, 4) is 22.5 Å². The molecule has 0 aliphatic carbocycles. The Balaban J connectivity index is 1.38. The molecule has 7 heteroatoms. The summed E-state index contributed by atoms with van der Waals surface area (Å²) >= 11 is 0. The first kappa shape index (κ1) is 25.7. The van der Waals surface area contributed by atoms with Crippen molar-refractivity contribution in [1.82, 2.24) is 30.5 Å². The molecule has 0 saturated carbocycles. The third-order valence-corrected chi connectivity index (χ3v) is 6.72. The van der Waals surface area contributed by atoms with Crippen LogP contribution in [0.5, 0.6) is 0 Å². The number of hydrogen-bond acceptors (Lipinski definition) is 4. The Morgan fingerprint density at radius 2 is 1.78 bits per heavy atom. The van der Waals surface area contributed by atoms with Gasteiger partial charge in [0.15, 0.2) is 0 Å². The normalized spacial score (nSPS) is 12.1. The summed E-state index contributed by atoms with van der Waals surface area (Å²) in [6.45, 7) is 7.85. The van der Waals surface area contributed by atoms with E-state index in [1.165, 1.54) is 0 Å². The Labute approximate surface area is 237 Å². The first-order valence-corrected chi connectivity index (χ1v) is 13.3. The van der Waals surface area contributed by atoms with Crippen LogP contribution in [0.15, 0.2) is 121 Å². The molecule has 0 aliphatic rings. The number of pyridine rings is 2. The van der Waals surface area contributed by atoms with Crippen molar-refractivity contribution in [1.29, 1.82) is 0 Å². The van der Waals surface area contributed by atoms with Crippen molar-refractivity contribution < 1.29 is 4.79 Å². The van der Waals surface area contributed by atoms with E-state index in [1.54, 1.807) is 18.3 Å². The van der Waals surface area contributed by atoms with E-state index in [1.807, 2.05) is 74.7 Å². The number of fused-ring (bicyclic) bond motifs is 2. The van der Waals surface area contributed by atoms with Crippen LogP contribution in [0.3, 0.4) is 0 Å². The SMILES string of the molecule is C=C(C)/C=C(\C=C(/C)NC(=O)c1ccccc1)c1ccc2[nH]nc(-c3cc4c(-c5cccnc5)cccc4[nH]3)c2n1. The quantitative estimate of drug-likeness (QED) is 0.184. The minimum atomic E-state index is -0.168. The van der Waals surface area contributed by atoms with Crippen LogP contribution in [0.25, 0.3) is 50.0 Å². The average molecular weight is 537 g/mol. The third-order valence-electron chi connectivity index (χ3n) is 6.72. The maximum atomic E-state index is 12.7. The highest BCUT2D eigenvalue weighted by Gasteiger charge is 2.16. The van der Waals surface area contributed by atoms with Gasteiger partial charge in [0.25, 0.3) is 5.91 Å². The van der Waals surface area contributed by atoms with Gasteiger partial charge in [0.2, 0.25) is 0 Å². The Morgan fingerprint density at radius 3 is 2.56 bits per heavy atom. The standard InChI is InChI=1S/C34H28N6O/c1-21(2)17-25(18-22(3)36-34(41)23-9-5-4-6-10-23)28-14-15-30-32(38-28)33(40-39-30)31-19-27-26(12-7-13-29(27)37-31)24-11-8-16-35-20-24/h4-20,37H,1H2,2-3H3,(H,36,41)(H,39,40)/b22-18+,25-17+. The first-order chi connectivity index (χ1) is 20.0. The molecule has 0 spiro atoms. The van der Waals surface area contributed by atoms with E-state index >= 15 is 0 Å². The zero-order valence-corrected chi connectivity index (χ0v) is 22.8. The Bertz CT molecular complexity index is 1960. The predicted molar refractivity (Wildman–Crippen MR) is 165 cm³/mol. The Hall–Kier alpha value is -5.56. The Kier molecular flexibility index (Phi) is 6.83. The summed E-state index contributed by atoms with van der Waals surface area (Å²) in [4.78, 5) is 25.5. The lowest BCUT2D eigenvalue weighted by atomic mass is 10.0. The van der Waals surface area contributed by atoms with Crippen LogP contribution >= 0.6 is 0 Å². The summed E-state index contributed by atoms with van der Waals surface area (Å²) in [7, 11) is 0. The lowest BCUT2D eigenvalue weighted by molar-refractivity contribution is 0.0966. The van der Waals surface area contributed by atoms with Crippen LogP contribution in [0.2, 0.25) is 0 Å². The van der Waals surface area contributed by atoms with Crippen LogP contribution in [0.1, 0.15) is 29.9 Å². The summed E-state index contributed by atoms with van der Waals surface area (Å²) in [5, 5.41) is 11.8. The third kappa shape index (κ3) is 5.33. The molecule has 1 amide bonds. The maximum absolute atomic E-state index is 12.7. The van der Waals surface area contributed by atoms with Crippen molar-refractivity contribution in [2.24, 2.45) is 0 Å². The predicted octanol–water partition coefficient (Wildman–Crippen LogP) is 7.46. The van der Waals surface area contributed by atoms with Gasteiger partial charge >= 0.3 is 0 Å². The number of rotatable bonds is 7. The molecule has 0 unspecified atom stereocenters. The number of aromatic nitrogens is 5. The van der Waals surface area contributed by atoms with Crippen LogP contribution in [0.4, 0.5) is 0 Å². The van der Waals surface area contributed by atoms with Gasteiger partial charge in [0.05, 0.1) is 16.9 Å². The van der Waals surface area contributed by atoms with Gasteiger partial charge in [0.1, 0.15) is 11.2 Å². The molecule has 3 N–H and O–H groups in total. The van der Waals surface area contributed by atoms with Crippen LogP contribution < -0.4 is 5.32 Å². The molecule has 0 radical (unpaired) electrons. The van der Waals surface area contributed by atoms with Gasteiger partial charge in [-0.25, -0.2) is 4.98 Å². The summed E-state index contributed by atoms with van der Waals surface area (Å²) in [5.41, 5.74) is 10.0. The fraction of sp³-hybridized carbons (Fsp3) is 0.0588. The van der Waals surface area contributed by atoms with Gasteiger partial charge < -0.3 is 10.3 Å². The molecule has 0 aliphatic heterocycles. The number of amides is 1. The number of nitrogens with zero attached hydrogens (tertiary/aromatic N) is 3. The molecule has 0 fully saturated rings. The molecule has 0 atom stereocenters. The van der Waals surface area contributed by atoms with Crippen molar-refractivity contribution in [3.05, 3.63) is 133 Å². The summed E-state index contributed by atoms with van der Waals surface area (Å²) < 4.78 is 0. The van der Waals surface area contributed by atoms with Crippen molar-refractivity contribution in [2.75, 3.05) is 0 Å². The maximum Gasteiger partial charge on any atom is 0.255 e. The average Bonchev–Trinajstić information content (AvgIpc) is 3.61. The molecule has 41 heavy (non-hydrogen) atoms. The second kappa shape index (κ2) is 10.9. The van der Waals surface area contributed by atoms with E-state index in [4.69, 9.17) is 4.98 Å². The van der Waals surface area contributed by atoms with Crippen LogP contribution in [0, 0.1) is 0 Å². The molecular weight excluding hydrogens is 508 g/mol. The highest BCUT2D eigenvalue weighted by atomic mass is 16.1. The van der Waals surface area contributed by atoms with Crippen molar-refractivity contribution in [3.63, 3.8) is 0 Å². The molecule has 0 bridgehead atoms. The fourth-order valence-corrected chi connectivity index (χ4v) is 4.87. The number of hydrogen-bond donors (Lipinski definition) is 3. The minimum absolute atomic E-state index is 0.168. The molecule has 6 aromatic rings. The largest absolute Gasteiger partial charge is 0.353 e. The number of carbonyl (C=O) groups excluding carboxylic acids is 1. The van der Waals surface area contributed by atoms with E-state index in [9.17, 15) is 4.79 Å². The number of aromatic amines is 2. The topological polar surface area (TPSA) is 99.4 Å². The van der Waals surface area contributed by atoms with Gasteiger partial charge in [-0.1, -0.05) is 54.6 Å². The van der Waals surface area contributed by atoms with Crippen molar-refractivity contribution >= 4 is 33.4 Å². The fourth-order valence-electron chi connectivity index (χ4n) is 4.87. The smallest absolute Gasteiger partial charge is 0.255 e. The number of carbonyl (C=O) groups is 1. The highest BCUT2D eigenvalue weighted by Crippen LogP contribution is 2.34. The van der Waals surface area contributed by atoms with Gasteiger partial charge in [-0.15, -0.1) is 0 Å². The summed E-state index contributed by atoms with van der Waals surface area (Å²) in [5.74, 6) is -0.168. The van der Waals surface area contributed by atoms with Gasteiger partial charge in [-0.2, -0.15) is 5.10 Å². The molecule has 200 valence electrons. The monoisotopic (exact) mass is 536 g/mol. The lowest BCUT2D eigenvalue weighted by Crippen LogP contribution is -2.21. The second-order valence-corrected chi connectivity index (χ2v) is 9.95. The number of allylic oxidation sites excluding steroid dienone is 5. The number of benzene rings is 2. The zero-order chi connectivity index (χ0) is 28.3. The minimum Gasteiger partial charge on any atom is -0.353 e. The van der Waals surface area contributed by atoms with Gasteiger partial charge in [-0.3, -0.25) is 14.9 Å². The first-order valence-electron chi connectivity index (χ1n) is 13.3. The molecule has 4 aromatic heterocycles. The molecule has 4 heterocycles. The molecule has 6 rings (SSSR count). The lowest BCUT2D eigenvalue weighted by Gasteiger charge is -2.08. The molecule has 7 nitrogen and oxygen atoms in total. The van der Waals surface area contributed by atoms with Gasteiger partial charge in [-0.05, 0) is 68.0 Å². The Morgan fingerprint density at radius 1 is 0.927 bits per heavy atom. The van der Waals surface area contributed by atoms with E-state index in [0.29, 0.717) is 11.3 Å². The van der Waals surface area contributed by atoms with Crippen LogP contribution in [-0.4, -0.2) is 31.1 Å².